The highest BCUT2D eigenvalue weighted by Gasteiger charge is 2.20. The third-order valence-electron chi connectivity index (χ3n) is 4.32. The summed E-state index contributed by atoms with van der Waals surface area (Å²) in [5.74, 6) is 0.711. The van der Waals surface area contributed by atoms with Crippen LogP contribution in [0.1, 0.15) is 11.4 Å². The molecule has 0 saturated carbocycles. The highest BCUT2D eigenvalue weighted by molar-refractivity contribution is 5.76. The largest absolute Gasteiger partial charge is 0.377 e. The number of carbonyl (C=O) groups excluding carboxylic acids is 1. The minimum atomic E-state index is -0.0110. The summed E-state index contributed by atoms with van der Waals surface area (Å²) in [6, 6.07) is 17.9. The molecule has 1 fully saturated rings. The lowest BCUT2D eigenvalue weighted by Crippen LogP contribution is -2.27. The first-order chi connectivity index (χ1) is 12.8. The molecule has 1 aliphatic heterocycles. The zero-order valence-corrected chi connectivity index (χ0v) is 14.3. The third kappa shape index (κ3) is 3.51. The van der Waals surface area contributed by atoms with Gasteiger partial charge in [-0.2, -0.15) is 0 Å². The molecule has 4 rings (SSSR count). The predicted octanol–water partition coefficient (Wildman–Crippen LogP) is 2.40. The van der Waals surface area contributed by atoms with Crippen LogP contribution in [0.25, 0.3) is 5.69 Å². The number of rotatable bonds is 6. The number of hydrogen-bond acceptors (Lipinski definition) is 4. The fraction of sp³-hybridized carbons (Fsp3) is 0.211. The molecule has 132 valence electrons. The van der Waals surface area contributed by atoms with Gasteiger partial charge in [-0.15, -0.1) is 5.10 Å². The van der Waals surface area contributed by atoms with E-state index in [1.54, 1.807) is 11.0 Å². The highest BCUT2D eigenvalue weighted by atomic mass is 16.2. The first-order valence-electron chi connectivity index (χ1n) is 8.60. The van der Waals surface area contributed by atoms with Gasteiger partial charge in [0.05, 0.1) is 12.2 Å². The van der Waals surface area contributed by atoms with Crippen molar-refractivity contribution >= 4 is 11.7 Å². The van der Waals surface area contributed by atoms with E-state index in [1.165, 1.54) is 0 Å². The summed E-state index contributed by atoms with van der Waals surface area (Å²) in [6.07, 6.45) is 1.72. The van der Waals surface area contributed by atoms with Crippen molar-refractivity contribution in [1.82, 2.24) is 25.0 Å². The zero-order chi connectivity index (χ0) is 17.8. The Balaban J connectivity index is 1.44. The monoisotopic (exact) mass is 348 g/mol. The van der Waals surface area contributed by atoms with E-state index < -0.39 is 0 Å². The van der Waals surface area contributed by atoms with E-state index in [0.29, 0.717) is 25.5 Å². The fourth-order valence-corrected chi connectivity index (χ4v) is 2.96. The molecule has 1 aliphatic rings. The van der Waals surface area contributed by atoms with E-state index in [0.717, 1.165) is 23.5 Å². The Morgan fingerprint density at radius 1 is 1.08 bits per heavy atom. The lowest BCUT2D eigenvalue weighted by Gasteiger charge is -2.17. The number of carbonyl (C=O) groups is 1. The quantitative estimate of drug-likeness (QED) is 0.717. The van der Waals surface area contributed by atoms with Gasteiger partial charge in [0.15, 0.2) is 5.82 Å². The molecule has 2 amide bonds. The maximum atomic E-state index is 11.8. The van der Waals surface area contributed by atoms with Crippen LogP contribution in [0.4, 0.5) is 10.5 Å². The minimum absolute atomic E-state index is 0.0110. The number of benzene rings is 2. The molecule has 26 heavy (non-hydrogen) atoms. The van der Waals surface area contributed by atoms with Crippen molar-refractivity contribution in [3.05, 3.63) is 72.3 Å². The van der Waals surface area contributed by atoms with Gasteiger partial charge >= 0.3 is 6.03 Å². The molecule has 0 aliphatic carbocycles. The van der Waals surface area contributed by atoms with E-state index in [9.17, 15) is 4.79 Å². The Hall–Kier alpha value is -3.35. The van der Waals surface area contributed by atoms with Crippen LogP contribution in [-0.4, -0.2) is 38.8 Å². The number of para-hydroxylation sites is 2. The second kappa shape index (κ2) is 7.26. The maximum Gasteiger partial charge on any atom is 0.317 e. The summed E-state index contributed by atoms with van der Waals surface area (Å²) >= 11 is 0. The van der Waals surface area contributed by atoms with Crippen LogP contribution < -0.4 is 10.6 Å². The van der Waals surface area contributed by atoms with Crippen LogP contribution in [0, 0.1) is 0 Å². The van der Waals surface area contributed by atoms with Gasteiger partial charge in [0, 0.05) is 25.3 Å². The topological polar surface area (TPSA) is 75.1 Å². The molecular weight excluding hydrogens is 328 g/mol. The van der Waals surface area contributed by atoms with Crippen LogP contribution in [-0.2, 0) is 13.1 Å². The van der Waals surface area contributed by atoms with Crippen molar-refractivity contribution < 1.29 is 4.79 Å². The molecule has 3 aromatic rings. The fourth-order valence-electron chi connectivity index (χ4n) is 2.96. The number of urea groups is 1. The number of nitrogens with one attached hydrogen (secondary N) is 2. The molecule has 0 unspecified atom stereocenters. The van der Waals surface area contributed by atoms with E-state index >= 15 is 0 Å². The van der Waals surface area contributed by atoms with Gasteiger partial charge in [0.25, 0.3) is 0 Å². The number of nitrogens with zero attached hydrogens (tertiary/aromatic N) is 4. The first kappa shape index (κ1) is 16.1. The number of aromatic nitrogens is 3. The second-order valence-corrected chi connectivity index (χ2v) is 6.11. The van der Waals surface area contributed by atoms with Gasteiger partial charge in [0.1, 0.15) is 6.33 Å². The van der Waals surface area contributed by atoms with Crippen molar-refractivity contribution in [2.45, 2.75) is 13.1 Å². The van der Waals surface area contributed by atoms with Crippen LogP contribution in [0.3, 0.4) is 0 Å². The molecule has 1 aromatic heterocycles. The molecule has 0 radical (unpaired) electrons. The zero-order valence-electron chi connectivity index (χ0n) is 14.3. The average molecular weight is 348 g/mol. The maximum absolute atomic E-state index is 11.8. The Morgan fingerprint density at radius 3 is 2.69 bits per heavy atom. The standard InChI is InChI=1S/C19H20N6O/c26-19-20-10-11-24(19)13-15-6-4-5-9-17(15)21-12-18-22-14-25(23-18)16-7-2-1-3-8-16/h1-9,14,21H,10-13H2,(H,20,26). The van der Waals surface area contributed by atoms with Gasteiger partial charge in [-0.3, -0.25) is 0 Å². The van der Waals surface area contributed by atoms with Crippen molar-refractivity contribution in [1.29, 1.82) is 0 Å². The number of amides is 2. The van der Waals surface area contributed by atoms with Crippen molar-refractivity contribution in [2.24, 2.45) is 0 Å². The molecule has 2 aromatic carbocycles. The molecule has 0 bridgehead atoms. The summed E-state index contributed by atoms with van der Waals surface area (Å²) in [6.45, 7) is 2.54. The summed E-state index contributed by atoms with van der Waals surface area (Å²) in [5.41, 5.74) is 3.04. The van der Waals surface area contributed by atoms with Gasteiger partial charge in [-0.25, -0.2) is 14.5 Å². The second-order valence-electron chi connectivity index (χ2n) is 6.11. The molecule has 0 atom stereocenters. The molecule has 7 nitrogen and oxygen atoms in total. The first-order valence-corrected chi connectivity index (χ1v) is 8.60. The van der Waals surface area contributed by atoms with E-state index in [-0.39, 0.29) is 6.03 Å². The van der Waals surface area contributed by atoms with Crippen LogP contribution in [0.2, 0.25) is 0 Å². The van der Waals surface area contributed by atoms with Crippen molar-refractivity contribution in [3.8, 4) is 5.69 Å². The normalized spacial score (nSPS) is 13.7. The molecule has 1 saturated heterocycles. The smallest absolute Gasteiger partial charge is 0.317 e. The average Bonchev–Trinajstić information content (AvgIpc) is 3.31. The molecule has 0 spiro atoms. The molecular formula is C19H20N6O. The summed E-state index contributed by atoms with van der Waals surface area (Å²) in [4.78, 5) is 18.0. The molecule has 2 heterocycles. The third-order valence-corrected chi connectivity index (χ3v) is 4.32. The lowest BCUT2D eigenvalue weighted by molar-refractivity contribution is 0.215. The molecule has 2 N–H and O–H groups in total. The molecule has 7 heteroatoms. The van der Waals surface area contributed by atoms with Gasteiger partial charge in [-0.05, 0) is 23.8 Å². The van der Waals surface area contributed by atoms with Crippen molar-refractivity contribution in [3.63, 3.8) is 0 Å². The Bertz CT molecular complexity index is 892. The number of anilines is 1. The van der Waals surface area contributed by atoms with Gasteiger partial charge in [0.2, 0.25) is 0 Å². The Kier molecular flexibility index (Phi) is 4.51. The van der Waals surface area contributed by atoms with Crippen LogP contribution in [0.5, 0.6) is 0 Å². The highest BCUT2D eigenvalue weighted by Crippen LogP contribution is 2.19. The van der Waals surface area contributed by atoms with Crippen molar-refractivity contribution in [2.75, 3.05) is 18.4 Å². The number of hydrogen-bond donors (Lipinski definition) is 2. The van der Waals surface area contributed by atoms with E-state index in [2.05, 4.69) is 20.7 Å². The van der Waals surface area contributed by atoms with Crippen LogP contribution in [0.15, 0.2) is 60.9 Å². The van der Waals surface area contributed by atoms with E-state index in [1.807, 2.05) is 59.5 Å². The predicted molar refractivity (Wildman–Crippen MR) is 98.9 cm³/mol. The van der Waals surface area contributed by atoms with E-state index in [4.69, 9.17) is 0 Å². The van der Waals surface area contributed by atoms with Gasteiger partial charge < -0.3 is 15.5 Å². The Labute approximate surface area is 151 Å². The summed E-state index contributed by atoms with van der Waals surface area (Å²) in [5, 5.41) is 10.7. The summed E-state index contributed by atoms with van der Waals surface area (Å²) < 4.78 is 1.76. The SMILES string of the molecule is O=C1NCCN1Cc1ccccc1NCc1ncn(-c2ccccc2)n1. The summed E-state index contributed by atoms with van der Waals surface area (Å²) in [7, 11) is 0. The van der Waals surface area contributed by atoms with Crippen LogP contribution >= 0.6 is 0 Å². The Morgan fingerprint density at radius 2 is 1.88 bits per heavy atom. The van der Waals surface area contributed by atoms with Gasteiger partial charge in [-0.1, -0.05) is 36.4 Å². The lowest BCUT2D eigenvalue weighted by atomic mass is 10.1. The minimum Gasteiger partial charge on any atom is -0.377 e.